The van der Waals surface area contributed by atoms with Gasteiger partial charge in [-0.3, -0.25) is 19.4 Å². The molecule has 1 aromatic heterocycles. The van der Waals surface area contributed by atoms with Gasteiger partial charge in [0, 0.05) is 18.5 Å². The van der Waals surface area contributed by atoms with Crippen LogP contribution in [0, 0.1) is 0 Å². The first-order valence-corrected chi connectivity index (χ1v) is 9.36. The molecule has 1 aliphatic rings. The van der Waals surface area contributed by atoms with Crippen molar-refractivity contribution in [3.8, 4) is 0 Å². The number of hydroxylamine groups is 1. The average molecular weight is 375 g/mol. The predicted octanol–water partition coefficient (Wildman–Crippen LogP) is 3.04. The Labute approximate surface area is 162 Å². The Morgan fingerprint density at radius 2 is 2.00 bits per heavy atom. The van der Waals surface area contributed by atoms with E-state index >= 15 is 0 Å². The Bertz CT molecular complexity index is 1100. The van der Waals surface area contributed by atoms with E-state index in [4.69, 9.17) is 10.2 Å². The third-order valence-electron chi connectivity index (χ3n) is 4.96. The zero-order valence-electron chi connectivity index (χ0n) is 15.3. The van der Waals surface area contributed by atoms with E-state index in [2.05, 4.69) is 12.1 Å². The Hall–Kier alpha value is -3.25. The molecule has 1 aliphatic carbocycles. The maximum Gasteiger partial charge on any atom is 0.267 e. The molecule has 0 saturated heterocycles. The first kappa shape index (κ1) is 18.1. The SMILES string of the molecule is O=C(/C=C/c1ccc2c(=O)n(CCc3ccccc3)c(C3CC3)nc2c1)NO. The minimum absolute atomic E-state index is 0.0218. The Kier molecular flexibility index (Phi) is 5.04. The molecule has 2 N–H and O–H groups in total. The van der Waals surface area contributed by atoms with Gasteiger partial charge in [0.15, 0.2) is 0 Å². The highest BCUT2D eigenvalue weighted by molar-refractivity contribution is 5.91. The summed E-state index contributed by atoms with van der Waals surface area (Å²) in [6.07, 6.45) is 5.69. The summed E-state index contributed by atoms with van der Waals surface area (Å²) in [6, 6.07) is 15.4. The van der Waals surface area contributed by atoms with Crippen molar-refractivity contribution >= 4 is 22.9 Å². The summed E-state index contributed by atoms with van der Waals surface area (Å²) < 4.78 is 1.82. The minimum Gasteiger partial charge on any atom is -0.296 e. The minimum atomic E-state index is -0.608. The van der Waals surface area contributed by atoms with Gasteiger partial charge in [-0.05, 0) is 48.6 Å². The molecule has 6 nitrogen and oxygen atoms in total. The molecule has 0 bridgehead atoms. The molecule has 4 rings (SSSR count). The second kappa shape index (κ2) is 7.78. The number of carbonyl (C=O) groups excluding carboxylic acids is 1. The number of benzene rings is 2. The molecule has 0 spiro atoms. The fourth-order valence-corrected chi connectivity index (χ4v) is 3.32. The van der Waals surface area contributed by atoms with Gasteiger partial charge in [0.1, 0.15) is 5.82 Å². The summed E-state index contributed by atoms with van der Waals surface area (Å²) in [5.41, 5.74) is 4.10. The summed E-state index contributed by atoms with van der Waals surface area (Å²) in [4.78, 5) is 29.1. The van der Waals surface area contributed by atoms with Gasteiger partial charge >= 0.3 is 0 Å². The van der Waals surface area contributed by atoms with Gasteiger partial charge in [0.2, 0.25) is 0 Å². The zero-order valence-corrected chi connectivity index (χ0v) is 15.3. The highest BCUT2D eigenvalue weighted by Gasteiger charge is 2.29. The molecule has 142 valence electrons. The van der Waals surface area contributed by atoms with Crippen LogP contribution in [0.25, 0.3) is 17.0 Å². The van der Waals surface area contributed by atoms with E-state index in [1.165, 1.54) is 11.6 Å². The first-order valence-electron chi connectivity index (χ1n) is 9.36. The quantitative estimate of drug-likeness (QED) is 0.394. The van der Waals surface area contributed by atoms with Gasteiger partial charge in [-0.25, -0.2) is 10.5 Å². The highest BCUT2D eigenvalue weighted by Crippen LogP contribution is 2.39. The third-order valence-corrected chi connectivity index (χ3v) is 4.96. The van der Waals surface area contributed by atoms with E-state index in [0.717, 1.165) is 30.7 Å². The number of nitrogens with zero attached hydrogens (tertiary/aromatic N) is 2. The van der Waals surface area contributed by atoms with E-state index < -0.39 is 5.91 Å². The number of nitrogens with one attached hydrogen (secondary N) is 1. The van der Waals surface area contributed by atoms with E-state index in [1.54, 1.807) is 29.8 Å². The van der Waals surface area contributed by atoms with E-state index in [-0.39, 0.29) is 5.56 Å². The third kappa shape index (κ3) is 3.87. The van der Waals surface area contributed by atoms with Crippen molar-refractivity contribution in [1.29, 1.82) is 0 Å². The Morgan fingerprint density at radius 1 is 1.21 bits per heavy atom. The molecule has 0 unspecified atom stereocenters. The van der Waals surface area contributed by atoms with Crippen LogP contribution in [0.2, 0.25) is 0 Å². The maximum absolute atomic E-state index is 13.1. The average Bonchev–Trinajstić information content (AvgIpc) is 3.57. The van der Waals surface area contributed by atoms with Crippen molar-refractivity contribution in [3.63, 3.8) is 0 Å². The number of rotatable bonds is 6. The number of hydrogen-bond donors (Lipinski definition) is 2. The molecule has 1 amide bonds. The molecule has 1 saturated carbocycles. The van der Waals surface area contributed by atoms with Crippen molar-refractivity contribution in [2.75, 3.05) is 0 Å². The number of hydrogen-bond acceptors (Lipinski definition) is 4. The van der Waals surface area contributed by atoms with Crippen LogP contribution in [-0.2, 0) is 17.8 Å². The maximum atomic E-state index is 13.1. The van der Waals surface area contributed by atoms with Crippen LogP contribution in [-0.4, -0.2) is 20.7 Å². The zero-order chi connectivity index (χ0) is 19.5. The van der Waals surface area contributed by atoms with Crippen molar-refractivity contribution in [2.24, 2.45) is 0 Å². The summed E-state index contributed by atoms with van der Waals surface area (Å²) in [5, 5.41) is 9.15. The van der Waals surface area contributed by atoms with Crippen LogP contribution in [0.15, 0.2) is 59.4 Å². The lowest BCUT2D eigenvalue weighted by Crippen LogP contribution is -2.26. The van der Waals surface area contributed by atoms with Crippen LogP contribution in [0.3, 0.4) is 0 Å². The predicted molar refractivity (Wildman–Crippen MR) is 107 cm³/mol. The van der Waals surface area contributed by atoms with Gasteiger partial charge in [-0.15, -0.1) is 0 Å². The second-order valence-electron chi connectivity index (χ2n) is 7.02. The van der Waals surface area contributed by atoms with Crippen LogP contribution >= 0.6 is 0 Å². The Balaban J connectivity index is 1.70. The van der Waals surface area contributed by atoms with Crippen LogP contribution < -0.4 is 11.0 Å². The number of aromatic nitrogens is 2. The van der Waals surface area contributed by atoms with Crippen molar-refractivity contribution in [1.82, 2.24) is 15.0 Å². The van der Waals surface area contributed by atoms with Crippen molar-refractivity contribution in [3.05, 3.63) is 81.9 Å². The van der Waals surface area contributed by atoms with Gasteiger partial charge in [-0.2, -0.15) is 0 Å². The molecule has 1 heterocycles. The van der Waals surface area contributed by atoms with Crippen LogP contribution in [0.5, 0.6) is 0 Å². The van der Waals surface area contributed by atoms with E-state index in [9.17, 15) is 9.59 Å². The highest BCUT2D eigenvalue weighted by atomic mass is 16.5. The molecular formula is C22H21N3O3. The van der Waals surface area contributed by atoms with Gasteiger partial charge in [-0.1, -0.05) is 36.4 Å². The molecule has 0 radical (unpaired) electrons. The molecule has 1 fully saturated rings. The number of aryl methyl sites for hydroxylation is 1. The molecule has 3 aromatic rings. The molecule has 0 aliphatic heterocycles. The first-order chi connectivity index (χ1) is 13.7. The summed E-state index contributed by atoms with van der Waals surface area (Å²) in [7, 11) is 0. The van der Waals surface area contributed by atoms with Crippen molar-refractivity contribution < 1.29 is 10.0 Å². The van der Waals surface area contributed by atoms with E-state index in [1.807, 2.05) is 22.8 Å². The topological polar surface area (TPSA) is 84.2 Å². The molecular weight excluding hydrogens is 354 g/mol. The van der Waals surface area contributed by atoms with Crippen LogP contribution in [0.4, 0.5) is 0 Å². The number of amides is 1. The lowest BCUT2D eigenvalue weighted by atomic mass is 10.1. The number of carbonyl (C=O) groups is 1. The lowest BCUT2D eigenvalue weighted by molar-refractivity contribution is -0.124. The van der Waals surface area contributed by atoms with Gasteiger partial charge in [0.25, 0.3) is 11.5 Å². The normalized spacial score (nSPS) is 13.9. The van der Waals surface area contributed by atoms with E-state index in [0.29, 0.717) is 23.4 Å². The smallest absolute Gasteiger partial charge is 0.267 e. The lowest BCUT2D eigenvalue weighted by Gasteiger charge is -2.13. The fourth-order valence-electron chi connectivity index (χ4n) is 3.32. The molecule has 28 heavy (non-hydrogen) atoms. The van der Waals surface area contributed by atoms with Crippen LogP contribution in [0.1, 0.15) is 35.7 Å². The Morgan fingerprint density at radius 3 is 2.71 bits per heavy atom. The summed E-state index contributed by atoms with van der Waals surface area (Å²) in [6.45, 7) is 0.607. The standard InChI is InChI=1S/C22H21N3O3/c26-20(24-28)11-7-16-6-10-18-19(14-16)23-21(17-8-9-17)25(22(18)27)13-12-15-4-2-1-3-5-15/h1-7,10-11,14,17,28H,8-9,12-13H2,(H,24,26)/b11-7+. The van der Waals surface area contributed by atoms with Crippen molar-refractivity contribution in [2.45, 2.75) is 31.7 Å². The monoisotopic (exact) mass is 375 g/mol. The fraction of sp³-hybridized carbons (Fsp3) is 0.227. The second-order valence-corrected chi connectivity index (χ2v) is 7.02. The summed E-state index contributed by atoms with van der Waals surface area (Å²) >= 11 is 0. The molecule has 0 atom stereocenters. The van der Waals surface area contributed by atoms with Gasteiger partial charge < -0.3 is 0 Å². The molecule has 6 heteroatoms. The molecule has 2 aromatic carbocycles. The number of fused-ring (bicyclic) bond motifs is 1. The van der Waals surface area contributed by atoms with Gasteiger partial charge in [0.05, 0.1) is 10.9 Å². The summed E-state index contributed by atoms with van der Waals surface area (Å²) in [5.74, 6) is 0.581. The largest absolute Gasteiger partial charge is 0.296 e.